The second kappa shape index (κ2) is 7.56. The van der Waals surface area contributed by atoms with Gasteiger partial charge in [0.05, 0.1) is 18.2 Å². The maximum Gasteiger partial charge on any atom is 0.236 e. The lowest BCUT2D eigenvalue weighted by molar-refractivity contribution is 0.108. The molecule has 0 amide bonds. The largest absolute Gasteiger partial charge is 0.337 e. The number of anilines is 2. The van der Waals surface area contributed by atoms with Gasteiger partial charge in [-0.2, -0.15) is 0 Å². The first kappa shape index (κ1) is 19.3. The Morgan fingerprint density at radius 3 is 2.65 bits per heavy atom. The van der Waals surface area contributed by atoms with Crippen LogP contribution in [0.15, 0.2) is 61.6 Å². The molecule has 0 fully saturated rings. The fourth-order valence-corrected chi connectivity index (χ4v) is 3.66. The van der Waals surface area contributed by atoms with Crippen molar-refractivity contribution in [1.29, 1.82) is 0 Å². The zero-order valence-electron chi connectivity index (χ0n) is 17.0. The van der Waals surface area contributed by atoms with Gasteiger partial charge in [-0.1, -0.05) is 12.6 Å². The summed E-state index contributed by atoms with van der Waals surface area (Å²) in [6.07, 6.45) is 10.9. The Morgan fingerprint density at radius 1 is 1.19 bits per heavy atom. The Labute approximate surface area is 184 Å². The van der Waals surface area contributed by atoms with Gasteiger partial charge in [0, 0.05) is 62.4 Å². The number of aromatic nitrogens is 5. The van der Waals surface area contributed by atoms with Crippen molar-refractivity contribution in [3.8, 4) is 5.69 Å². The minimum absolute atomic E-state index is 0.243. The first-order valence-corrected chi connectivity index (χ1v) is 10.1. The Hall–Kier alpha value is -3.63. The minimum Gasteiger partial charge on any atom is -0.337 e. The van der Waals surface area contributed by atoms with Crippen molar-refractivity contribution in [3.05, 3.63) is 73.0 Å². The Balaban J connectivity index is 1.54. The van der Waals surface area contributed by atoms with Crippen LogP contribution in [0, 0.1) is 0 Å². The highest BCUT2D eigenvalue weighted by Gasteiger charge is 2.21. The van der Waals surface area contributed by atoms with Crippen molar-refractivity contribution in [2.24, 2.45) is 0 Å². The van der Waals surface area contributed by atoms with Gasteiger partial charge >= 0.3 is 0 Å². The molecule has 0 unspecified atom stereocenters. The molecule has 0 saturated heterocycles. The second-order valence-electron chi connectivity index (χ2n) is 7.30. The van der Waals surface area contributed by atoms with Crippen LogP contribution >= 0.6 is 12.6 Å². The van der Waals surface area contributed by atoms with Crippen LogP contribution in [0.25, 0.3) is 16.9 Å². The second-order valence-corrected chi connectivity index (χ2v) is 7.71. The molecule has 4 aromatic rings. The molecular weight excluding hydrogens is 412 g/mol. The number of likely N-dealkylation sites (N-methyl/N-ethyl adjacent to an activating group) is 1. The molecule has 5 rings (SSSR count). The third kappa shape index (κ3) is 3.56. The maximum absolute atomic E-state index is 12.0. The summed E-state index contributed by atoms with van der Waals surface area (Å²) in [5.74, 6) is 0.488. The molecular formula is C21H20N8OS. The average Bonchev–Trinajstić information content (AvgIpc) is 3.49. The molecule has 31 heavy (non-hydrogen) atoms. The van der Waals surface area contributed by atoms with E-state index < -0.39 is 5.12 Å². The molecule has 4 heterocycles. The summed E-state index contributed by atoms with van der Waals surface area (Å²) in [4.78, 5) is 25.1. The zero-order valence-corrected chi connectivity index (χ0v) is 17.9. The Morgan fingerprint density at radius 2 is 2.00 bits per heavy atom. The molecule has 10 heteroatoms. The lowest BCUT2D eigenvalue weighted by Gasteiger charge is -2.18. The number of benzene rings is 1. The topological polar surface area (TPSA) is 83.6 Å². The van der Waals surface area contributed by atoms with Crippen LogP contribution in [0.3, 0.4) is 0 Å². The summed E-state index contributed by atoms with van der Waals surface area (Å²) in [5.41, 5.74) is 4.69. The lowest BCUT2D eigenvalue weighted by Crippen LogP contribution is -2.27. The van der Waals surface area contributed by atoms with Gasteiger partial charge in [0.25, 0.3) is 0 Å². The van der Waals surface area contributed by atoms with E-state index in [2.05, 4.69) is 37.9 Å². The van der Waals surface area contributed by atoms with Gasteiger partial charge in [-0.3, -0.25) is 9.20 Å². The van der Waals surface area contributed by atoms with Crippen molar-refractivity contribution < 1.29 is 4.79 Å². The fourth-order valence-electron chi connectivity index (χ4n) is 3.55. The highest BCUT2D eigenvalue weighted by Crippen LogP contribution is 2.27. The number of nitrogens with zero attached hydrogens (tertiary/aromatic N) is 7. The normalized spacial score (nSPS) is 14.3. The molecule has 0 bridgehead atoms. The highest BCUT2D eigenvalue weighted by molar-refractivity contribution is 7.97. The fraction of sp³-hybridized carbons (Fsp3) is 0.143. The Bertz CT molecular complexity index is 1290. The Kier molecular flexibility index (Phi) is 4.72. The first-order valence-electron chi connectivity index (χ1n) is 9.61. The number of hydrogen-bond donors (Lipinski definition) is 2. The highest BCUT2D eigenvalue weighted by atomic mass is 32.1. The summed E-state index contributed by atoms with van der Waals surface area (Å²) in [6.45, 7) is 0.745. The first-order chi connectivity index (χ1) is 15.0. The summed E-state index contributed by atoms with van der Waals surface area (Å²) in [5, 5.41) is 6.98. The number of carbonyl (C=O) groups is 1. The molecule has 0 radical (unpaired) electrons. The molecule has 0 atom stereocenters. The quantitative estimate of drug-likeness (QED) is 0.469. The number of rotatable bonds is 5. The molecule has 1 aliphatic heterocycles. The maximum atomic E-state index is 12.0. The molecule has 0 aliphatic carbocycles. The van der Waals surface area contributed by atoms with Crippen LogP contribution in [0.1, 0.15) is 16.2 Å². The van der Waals surface area contributed by atoms with Crippen LogP contribution in [0.4, 0.5) is 11.5 Å². The monoisotopic (exact) mass is 432 g/mol. The van der Waals surface area contributed by atoms with Gasteiger partial charge < -0.3 is 14.9 Å². The summed E-state index contributed by atoms with van der Waals surface area (Å²) >= 11 is 3.99. The molecule has 1 N–H and O–H groups in total. The minimum atomic E-state index is -0.408. The molecule has 0 spiro atoms. The van der Waals surface area contributed by atoms with Crippen LogP contribution in [0.2, 0.25) is 0 Å². The van der Waals surface area contributed by atoms with Crippen LogP contribution in [-0.4, -0.2) is 59.7 Å². The van der Waals surface area contributed by atoms with Crippen LogP contribution in [-0.2, 0) is 0 Å². The van der Waals surface area contributed by atoms with E-state index >= 15 is 0 Å². The van der Waals surface area contributed by atoms with Crippen molar-refractivity contribution in [1.82, 2.24) is 33.9 Å². The predicted octanol–water partition coefficient (Wildman–Crippen LogP) is 2.86. The smallest absolute Gasteiger partial charge is 0.236 e. The SMILES string of the molecule is CN1C=C(c2cnc3c(Nc4ccc(-n5ccnc5)cc4)nc(C(=O)S)cn23)CN1C. The van der Waals surface area contributed by atoms with Gasteiger partial charge in [0.2, 0.25) is 5.12 Å². The number of thiol groups is 1. The number of nitrogens with one attached hydrogen (secondary N) is 1. The van der Waals surface area contributed by atoms with Crippen molar-refractivity contribution in [2.75, 3.05) is 26.0 Å². The van der Waals surface area contributed by atoms with E-state index in [0.717, 1.165) is 29.2 Å². The molecule has 1 aliphatic rings. The average molecular weight is 433 g/mol. The third-order valence-electron chi connectivity index (χ3n) is 5.25. The van der Waals surface area contributed by atoms with Gasteiger partial charge in [-0.05, 0) is 24.3 Å². The predicted molar refractivity (Wildman–Crippen MR) is 122 cm³/mol. The number of hydrogen-bond acceptors (Lipinski definition) is 7. The lowest BCUT2D eigenvalue weighted by atomic mass is 10.2. The number of hydrazine groups is 1. The van der Waals surface area contributed by atoms with Gasteiger partial charge in [-0.15, -0.1) is 0 Å². The molecule has 1 aromatic carbocycles. The van der Waals surface area contributed by atoms with Crippen LogP contribution < -0.4 is 5.32 Å². The molecule has 0 saturated carbocycles. The molecule has 156 valence electrons. The van der Waals surface area contributed by atoms with Crippen molar-refractivity contribution >= 4 is 40.5 Å². The standard InChI is InChI=1S/C21H20N8OS/c1-26-10-14(11-27(26)2)18-9-23-20-19(25-17(21(30)31)12-29(18)20)24-15-3-5-16(6-4-15)28-8-7-22-13-28/h3-10,12-13H,11H2,1-2H3,(H,24,25)(H,30,31). The number of fused-ring (bicyclic) bond motifs is 1. The number of carbonyl (C=O) groups excluding carboxylic acids is 1. The molecule has 9 nitrogen and oxygen atoms in total. The third-order valence-corrected chi connectivity index (χ3v) is 5.48. The van der Waals surface area contributed by atoms with E-state index in [4.69, 9.17) is 0 Å². The van der Waals surface area contributed by atoms with Crippen LogP contribution in [0.5, 0.6) is 0 Å². The van der Waals surface area contributed by atoms with E-state index in [1.54, 1.807) is 24.9 Å². The van der Waals surface area contributed by atoms with Crippen molar-refractivity contribution in [3.63, 3.8) is 0 Å². The number of imidazole rings is 2. The van der Waals surface area contributed by atoms with E-state index in [1.807, 2.05) is 64.7 Å². The summed E-state index contributed by atoms with van der Waals surface area (Å²) in [7, 11) is 4.00. The molecule has 3 aromatic heterocycles. The summed E-state index contributed by atoms with van der Waals surface area (Å²) in [6, 6.07) is 7.83. The van der Waals surface area contributed by atoms with Gasteiger partial charge in [0.1, 0.15) is 5.69 Å². The van der Waals surface area contributed by atoms with Gasteiger partial charge in [-0.25, -0.2) is 20.0 Å². The summed E-state index contributed by atoms with van der Waals surface area (Å²) < 4.78 is 3.81. The van der Waals surface area contributed by atoms with E-state index in [0.29, 0.717) is 11.5 Å². The van der Waals surface area contributed by atoms with E-state index in [1.165, 1.54) is 0 Å². The van der Waals surface area contributed by atoms with Crippen molar-refractivity contribution in [2.45, 2.75) is 0 Å². The van der Waals surface area contributed by atoms with E-state index in [-0.39, 0.29) is 5.69 Å². The zero-order chi connectivity index (χ0) is 21.5. The van der Waals surface area contributed by atoms with Gasteiger partial charge in [0.15, 0.2) is 11.5 Å². The van der Waals surface area contributed by atoms with E-state index in [9.17, 15) is 4.79 Å².